The highest BCUT2D eigenvalue weighted by Crippen LogP contribution is 2.51. The van der Waals surface area contributed by atoms with Gasteiger partial charge in [0, 0.05) is 34.4 Å². The first-order valence-corrected chi connectivity index (χ1v) is 10.2. The molecule has 0 radical (unpaired) electrons. The van der Waals surface area contributed by atoms with Gasteiger partial charge in [0.05, 0.1) is 19.9 Å². The number of carbonyl (C=O) groups excluding carboxylic acids is 1. The first-order valence-electron chi connectivity index (χ1n) is 9.41. The van der Waals surface area contributed by atoms with Gasteiger partial charge in [-0.15, -0.1) is 11.3 Å². The van der Waals surface area contributed by atoms with E-state index in [2.05, 4.69) is 5.32 Å². The van der Waals surface area contributed by atoms with Crippen molar-refractivity contribution in [2.24, 2.45) is 0 Å². The zero-order chi connectivity index (χ0) is 21.4. The number of thiophene rings is 1. The van der Waals surface area contributed by atoms with E-state index in [0.29, 0.717) is 22.7 Å². The molecule has 0 saturated heterocycles. The summed E-state index contributed by atoms with van der Waals surface area (Å²) in [5.74, 6) is -0.235. The number of rotatable bonds is 5. The predicted molar refractivity (Wildman–Crippen MR) is 116 cm³/mol. The molecule has 1 aliphatic rings. The SMILES string of the molecule is COc1ccc([C@@H]2CC(=O)Nc3c2sc(C(=O)O)c3-c2ccc(C)cc2)c(OC)c1. The van der Waals surface area contributed by atoms with Crippen LogP contribution >= 0.6 is 11.3 Å². The van der Waals surface area contributed by atoms with Crippen LogP contribution in [0.3, 0.4) is 0 Å². The molecule has 2 heterocycles. The Hall–Kier alpha value is -3.32. The lowest BCUT2D eigenvalue weighted by molar-refractivity contribution is -0.116. The van der Waals surface area contributed by atoms with Crippen molar-refractivity contribution in [2.75, 3.05) is 19.5 Å². The van der Waals surface area contributed by atoms with Gasteiger partial charge < -0.3 is 19.9 Å². The summed E-state index contributed by atoms with van der Waals surface area (Å²) in [4.78, 5) is 25.7. The highest BCUT2D eigenvalue weighted by atomic mass is 32.1. The first kappa shape index (κ1) is 20.0. The van der Waals surface area contributed by atoms with Gasteiger partial charge in [-0.05, 0) is 18.6 Å². The largest absolute Gasteiger partial charge is 0.497 e. The number of ether oxygens (including phenoxy) is 2. The summed E-state index contributed by atoms with van der Waals surface area (Å²) in [6.07, 6.45) is 0.211. The van der Waals surface area contributed by atoms with E-state index in [1.54, 1.807) is 20.3 Å². The fourth-order valence-electron chi connectivity index (χ4n) is 3.79. The molecule has 4 rings (SSSR count). The number of hydrogen-bond acceptors (Lipinski definition) is 5. The van der Waals surface area contributed by atoms with Crippen molar-refractivity contribution in [1.82, 2.24) is 0 Å². The van der Waals surface area contributed by atoms with Gasteiger partial charge in [0.25, 0.3) is 0 Å². The third kappa shape index (κ3) is 3.41. The number of carbonyl (C=O) groups is 2. The molecule has 1 aliphatic heterocycles. The van der Waals surface area contributed by atoms with E-state index in [-0.39, 0.29) is 23.1 Å². The molecule has 1 atom stereocenters. The van der Waals surface area contributed by atoms with Gasteiger partial charge in [-0.1, -0.05) is 35.9 Å². The lowest BCUT2D eigenvalue weighted by Crippen LogP contribution is -2.22. The molecule has 0 unspecified atom stereocenters. The minimum absolute atomic E-state index is 0.159. The average molecular weight is 423 g/mol. The smallest absolute Gasteiger partial charge is 0.346 e. The fourth-order valence-corrected chi connectivity index (χ4v) is 5.03. The topological polar surface area (TPSA) is 84.9 Å². The number of aryl methyl sites for hydroxylation is 1. The molecule has 7 heteroatoms. The third-order valence-electron chi connectivity index (χ3n) is 5.26. The van der Waals surface area contributed by atoms with Crippen molar-refractivity contribution in [3.63, 3.8) is 0 Å². The predicted octanol–water partition coefficient (Wildman–Crippen LogP) is 4.91. The summed E-state index contributed by atoms with van der Waals surface area (Å²) in [6, 6.07) is 13.1. The number of benzene rings is 2. The van der Waals surface area contributed by atoms with E-state index >= 15 is 0 Å². The zero-order valence-corrected chi connectivity index (χ0v) is 17.6. The van der Waals surface area contributed by atoms with Crippen molar-refractivity contribution in [3.05, 3.63) is 63.3 Å². The number of anilines is 1. The fraction of sp³-hybridized carbons (Fsp3) is 0.217. The Morgan fingerprint density at radius 1 is 1.13 bits per heavy atom. The number of carboxylic acids is 1. The van der Waals surface area contributed by atoms with Gasteiger partial charge in [-0.3, -0.25) is 4.79 Å². The second-order valence-corrected chi connectivity index (χ2v) is 8.18. The van der Waals surface area contributed by atoms with Gasteiger partial charge in [-0.2, -0.15) is 0 Å². The molecule has 0 saturated carbocycles. The zero-order valence-electron chi connectivity index (χ0n) is 16.8. The number of methoxy groups -OCH3 is 2. The Kier molecular flexibility index (Phi) is 5.22. The number of fused-ring (bicyclic) bond motifs is 1. The Bertz CT molecular complexity index is 1130. The summed E-state index contributed by atoms with van der Waals surface area (Å²) in [5, 5.41) is 12.8. The van der Waals surface area contributed by atoms with Crippen molar-refractivity contribution < 1.29 is 24.2 Å². The van der Waals surface area contributed by atoms with E-state index < -0.39 is 5.97 Å². The highest BCUT2D eigenvalue weighted by Gasteiger charge is 2.35. The molecule has 6 nitrogen and oxygen atoms in total. The molecule has 2 aromatic carbocycles. The van der Waals surface area contributed by atoms with Crippen LogP contribution in [0.4, 0.5) is 5.69 Å². The Labute approximate surface area is 178 Å². The summed E-state index contributed by atoms with van der Waals surface area (Å²) in [7, 11) is 3.14. The van der Waals surface area contributed by atoms with Gasteiger partial charge >= 0.3 is 5.97 Å². The normalized spacial score (nSPS) is 15.3. The maximum Gasteiger partial charge on any atom is 0.346 e. The Morgan fingerprint density at radius 2 is 1.87 bits per heavy atom. The first-order chi connectivity index (χ1) is 14.4. The molecule has 1 amide bonds. The lowest BCUT2D eigenvalue weighted by Gasteiger charge is -2.25. The van der Waals surface area contributed by atoms with Crippen LogP contribution in [0.1, 0.15) is 38.0 Å². The quantitative estimate of drug-likeness (QED) is 0.609. The molecular weight excluding hydrogens is 402 g/mol. The van der Waals surface area contributed by atoms with Crippen LogP contribution in [0.5, 0.6) is 11.5 Å². The molecule has 0 aliphatic carbocycles. The minimum Gasteiger partial charge on any atom is -0.497 e. The molecule has 2 N–H and O–H groups in total. The Balaban J connectivity index is 1.93. The summed E-state index contributed by atoms with van der Waals surface area (Å²) < 4.78 is 10.8. The number of nitrogens with one attached hydrogen (secondary N) is 1. The van der Waals surface area contributed by atoms with Crippen LogP contribution < -0.4 is 14.8 Å². The standard InChI is InChI=1S/C23H21NO5S/c1-12-4-6-13(7-5-12)19-20-21(30-22(19)23(26)27)16(11-18(25)24-20)15-9-8-14(28-2)10-17(15)29-3/h4-10,16H,11H2,1-3H3,(H,24,25)(H,26,27)/t16-/m0/s1. The van der Waals surface area contributed by atoms with Gasteiger partial charge in [0.1, 0.15) is 16.4 Å². The van der Waals surface area contributed by atoms with Gasteiger partial charge in [0.15, 0.2) is 0 Å². The second kappa shape index (κ2) is 7.84. The summed E-state index contributed by atoms with van der Waals surface area (Å²) >= 11 is 1.20. The molecule has 0 bridgehead atoms. The summed E-state index contributed by atoms with van der Waals surface area (Å²) in [5.41, 5.74) is 3.78. The van der Waals surface area contributed by atoms with E-state index in [1.807, 2.05) is 43.3 Å². The number of amides is 1. The molecule has 30 heavy (non-hydrogen) atoms. The molecule has 1 aromatic heterocycles. The van der Waals surface area contributed by atoms with E-state index in [9.17, 15) is 14.7 Å². The molecule has 0 spiro atoms. The van der Waals surface area contributed by atoms with Crippen LogP contribution in [-0.4, -0.2) is 31.2 Å². The maximum absolute atomic E-state index is 12.6. The van der Waals surface area contributed by atoms with Crippen LogP contribution in [0.25, 0.3) is 11.1 Å². The maximum atomic E-state index is 12.6. The lowest BCUT2D eigenvalue weighted by atomic mass is 9.88. The van der Waals surface area contributed by atoms with Crippen molar-refractivity contribution in [1.29, 1.82) is 0 Å². The van der Waals surface area contributed by atoms with Crippen molar-refractivity contribution in [2.45, 2.75) is 19.3 Å². The minimum atomic E-state index is -1.01. The van der Waals surface area contributed by atoms with Crippen molar-refractivity contribution >= 4 is 28.9 Å². The van der Waals surface area contributed by atoms with E-state index in [0.717, 1.165) is 21.6 Å². The third-order valence-corrected chi connectivity index (χ3v) is 6.55. The monoisotopic (exact) mass is 423 g/mol. The Morgan fingerprint density at radius 3 is 2.50 bits per heavy atom. The van der Waals surface area contributed by atoms with Crippen LogP contribution in [0.15, 0.2) is 42.5 Å². The number of carboxylic acid groups (broad SMARTS) is 1. The molecule has 3 aromatic rings. The highest BCUT2D eigenvalue weighted by molar-refractivity contribution is 7.15. The molecule has 154 valence electrons. The van der Waals surface area contributed by atoms with Gasteiger partial charge in [-0.25, -0.2) is 4.79 Å². The van der Waals surface area contributed by atoms with Crippen LogP contribution in [0, 0.1) is 6.92 Å². The van der Waals surface area contributed by atoms with Crippen molar-refractivity contribution in [3.8, 4) is 22.6 Å². The van der Waals surface area contributed by atoms with Crippen LogP contribution in [0.2, 0.25) is 0 Å². The molecule has 0 fully saturated rings. The molecular formula is C23H21NO5S. The summed E-state index contributed by atoms with van der Waals surface area (Å²) in [6.45, 7) is 1.97. The van der Waals surface area contributed by atoms with E-state index in [4.69, 9.17) is 9.47 Å². The van der Waals surface area contributed by atoms with E-state index in [1.165, 1.54) is 11.3 Å². The number of aromatic carboxylic acids is 1. The second-order valence-electron chi connectivity index (χ2n) is 7.13. The van der Waals surface area contributed by atoms with Gasteiger partial charge in [0.2, 0.25) is 5.91 Å². The van der Waals surface area contributed by atoms with Crippen LogP contribution in [-0.2, 0) is 4.79 Å². The average Bonchev–Trinajstić information content (AvgIpc) is 3.13. The number of hydrogen-bond donors (Lipinski definition) is 2.